The zero-order chi connectivity index (χ0) is 15.4. The second-order valence-corrected chi connectivity index (χ2v) is 6.03. The largest absolute Gasteiger partial charge is 0.481 e. The van der Waals surface area contributed by atoms with Gasteiger partial charge in [0.1, 0.15) is 10.8 Å². The van der Waals surface area contributed by atoms with Crippen LogP contribution in [0.4, 0.5) is 0 Å². The molecule has 5 heteroatoms. The highest BCUT2D eigenvalue weighted by molar-refractivity contribution is 7.13. The number of nitrogens with zero attached hydrogens (tertiary/aromatic N) is 1. The summed E-state index contributed by atoms with van der Waals surface area (Å²) in [6.07, 6.45) is 0.243. The lowest BCUT2D eigenvalue weighted by Crippen LogP contribution is -2.16. The number of carbonyl (C=O) groups is 2. The zero-order valence-corrected chi connectivity index (χ0v) is 12.8. The van der Waals surface area contributed by atoms with Crippen LogP contribution in [0, 0.1) is 12.8 Å². The molecule has 0 spiro atoms. The number of Topliss-reactive ketones (excluding diaryl/α,β-unsaturated/α-hetero) is 1. The number of carboxylic acids is 1. The van der Waals surface area contributed by atoms with Gasteiger partial charge in [-0.15, -0.1) is 11.3 Å². The topological polar surface area (TPSA) is 67.3 Å². The van der Waals surface area contributed by atoms with Crippen molar-refractivity contribution >= 4 is 23.1 Å². The Morgan fingerprint density at radius 1 is 1.29 bits per heavy atom. The molecule has 0 aliphatic heterocycles. The Labute approximate surface area is 127 Å². The summed E-state index contributed by atoms with van der Waals surface area (Å²) >= 11 is 1.50. The Hall–Kier alpha value is -2.01. The van der Waals surface area contributed by atoms with E-state index in [-0.39, 0.29) is 18.6 Å². The fourth-order valence-corrected chi connectivity index (χ4v) is 2.75. The highest BCUT2D eigenvalue weighted by Gasteiger charge is 2.17. The highest BCUT2D eigenvalue weighted by Crippen LogP contribution is 2.24. The molecule has 1 N–H and O–H groups in total. The van der Waals surface area contributed by atoms with Gasteiger partial charge in [-0.05, 0) is 6.92 Å². The van der Waals surface area contributed by atoms with Crippen LogP contribution in [-0.2, 0) is 16.0 Å². The quantitative estimate of drug-likeness (QED) is 0.888. The average molecular weight is 303 g/mol. The van der Waals surface area contributed by atoms with Gasteiger partial charge in [-0.1, -0.05) is 36.8 Å². The molecule has 0 aliphatic rings. The van der Waals surface area contributed by atoms with Crippen molar-refractivity contribution in [3.8, 4) is 10.6 Å². The number of rotatable bonds is 6. The SMILES string of the molecule is Cc1ccc(-c2nc(CC(=O)C[C@H](C)C(=O)O)cs2)cc1. The summed E-state index contributed by atoms with van der Waals surface area (Å²) in [5, 5.41) is 11.5. The number of aliphatic carboxylic acids is 1. The molecule has 4 nitrogen and oxygen atoms in total. The number of carboxylic acid groups (broad SMARTS) is 1. The van der Waals surface area contributed by atoms with Crippen LogP contribution in [0.15, 0.2) is 29.6 Å². The molecule has 0 saturated carbocycles. The van der Waals surface area contributed by atoms with Gasteiger partial charge in [0.05, 0.1) is 11.6 Å². The van der Waals surface area contributed by atoms with Gasteiger partial charge in [-0.3, -0.25) is 9.59 Å². The minimum atomic E-state index is -0.943. The molecule has 0 saturated heterocycles. The molecule has 110 valence electrons. The van der Waals surface area contributed by atoms with Crippen molar-refractivity contribution in [2.45, 2.75) is 26.7 Å². The molecule has 1 aromatic carbocycles. The van der Waals surface area contributed by atoms with Crippen LogP contribution in [0.25, 0.3) is 10.6 Å². The first-order chi connectivity index (χ1) is 9.95. The standard InChI is InChI=1S/C16H17NO3S/c1-10-3-5-12(6-4-10)15-17-13(9-21-15)8-14(18)7-11(2)16(19)20/h3-6,9,11H,7-8H2,1-2H3,(H,19,20)/t11-/m0/s1. The van der Waals surface area contributed by atoms with Gasteiger partial charge >= 0.3 is 5.97 Å². The van der Waals surface area contributed by atoms with Crippen LogP contribution in [0.3, 0.4) is 0 Å². The summed E-state index contributed by atoms with van der Waals surface area (Å²) in [4.78, 5) is 27.0. The third-order valence-corrected chi connectivity index (χ3v) is 4.12. The maximum atomic E-state index is 11.8. The van der Waals surface area contributed by atoms with Crippen molar-refractivity contribution in [2.75, 3.05) is 0 Å². The Bertz CT molecular complexity index is 646. The van der Waals surface area contributed by atoms with E-state index in [0.29, 0.717) is 5.69 Å². The lowest BCUT2D eigenvalue weighted by Gasteiger charge is -2.03. The zero-order valence-electron chi connectivity index (χ0n) is 12.0. The van der Waals surface area contributed by atoms with Crippen molar-refractivity contribution in [1.29, 1.82) is 0 Å². The molecular formula is C16H17NO3S. The van der Waals surface area contributed by atoms with E-state index in [0.717, 1.165) is 10.6 Å². The van der Waals surface area contributed by atoms with Crippen molar-refractivity contribution in [3.63, 3.8) is 0 Å². The number of benzene rings is 1. The molecule has 0 unspecified atom stereocenters. The molecule has 21 heavy (non-hydrogen) atoms. The number of hydrogen-bond acceptors (Lipinski definition) is 4. The minimum Gasteiger partial charge on any atom is -0.481 e. The van der Waals surface area contributed by atoms with E-state index in [1.54, 1.807) is 6.92 Å². The summed E-state index contributed by atoms with van der Waals surface area (Å²) in [5.41, 5.74) is 2.93. The molecule has 2 rings (SSSR count). The molecular weight excluding hydrogens is 286 g/mol. The Morgan fingerprint density at radius 3 is 2.57 bits per heavy atom. The van der Waals surface area contributed by atoms with Gasteiger partial charge in [-0.2, -0.15) is 0 Å². The molecule has 1 atom stereocenters. The molecule has 0 amide bonds. The third kappa shape index (κ3) is 4.23. The van der Waals surface area contributed by atoms with E-state index < -0.39 is 11.9 Å². The number of carbonyl (C=O) groups excluding carboxylic acids is 1. The summed E-state index contributed by atoms with van der Waals surface area (Å²) in [7, 11) is 0. The molecule has 0 radical (unpaired) electrons. The number of aryl methyl sites for hydroxylation is 1. The smallest absolute Gasteiger partial charge is 0.306 e. The molecule has 1 heterocycles. The lowest BCUT2D eigenvalue weighted by atomic mass is 10.0. The molecule has 1 aromatic heterocycles. The van der Waals surface area contributed by atoms with Gasteiger partial charge in [0.15, 0.2) is 0 Å². The second kappa shape index (κ2) is 6.63. The number of hydrogen-bond donors (Lipinski definition) is 1. The van der Waals surface area contributed by atoms with E-state index in [9.17, 15) is 9.59 Å². The van der Waals surface area contributed by atoms with Crippen molar-refractivity contribution < 1.29 is 14.7 Å². The number of ketones is 1. The first-order valence-electron chi connectivity index (χ1n) is 6.71. The average Bonchev–Trinajstić information content (AvgIpc) is 2.87. The van der Waals surface area contributed by atoms with Crippen LogP contribution in [0.2, 0.25) is 0 Å². The van der Waals surface area contributed by atoms with E-state index in [1.165, 1.54) is 16.9 Å². The Balaban J connectivity index is 2.01. The first-order valence-corrected chi connectivity index (χ1v) is 7.59. The Kier molecular flexibility index (Phi) is 4.85. The fraction of sp³-hybridized carbons (Fsp3) is 0.312. The van der Waals surface area contributed by atoms with Crippen molar-refractivity contribution in [1.82, 2.24) is 4.98 Å². The van der Waals surface area contributed by atoms with Crippen LogP contribution >= 0.6 is 11.3 Å². The molecule has 0 aliphatic carbocycles. The van der Waals surface area contributed by atoms with Crippen molar-refractivity contribution in [3.05, 3.63) is 40.9 Å². The summed E-state index contributed by atoms with van der Waals surface area (Å²) < 4.78 is 0. The maximum Gasteiger partial charge on any atom is 0.306 e. The Morgan fingerprint density at radius 2 is 1.95 bits per heavy atom. The van der Waals surface area contributed by atoms with Crippen molar-refractivity contribution in [2.24, 2.45) is 5.92 Å². The summed E-state index contributed by atoms with van der Waals surface area (Å²) in [5.74, 6) is -1.68. The summed E-state index contributed by atoms with van der Waals surface area (Å²) in [6.45, 7) is 3.57. The predicted octanol–water partition coefficient (Wildman–Crippen LogP) is 3.34. The van der Waals surface area contributed by atoms with Gasteiger partial charge in [0.25, 0.3) is 0 Å². The van der Waals surface area contributed by atoms with E-state index >= 15 is 0 Å². The van der Waals surface area contributed by atoms with Crippen LogP contribution < -0.4 is 0 Å². The van der Waals surface area contributed by atoms with Gasteiger partial charge in [-0.25, -0.2) is 4.98 Å². The second-order valence-electron chi connectivity index (χ2n) is 5.17. The van der Waals surface area contributed by atoms with Crippen LogP contribution in [-0.4, -0.2) is 21.8 Å². The van der Waals surface area contributed by atoms with Crippen LogP contribution in [0.1, 0.15) is 24.6 Å². The number of thiazole rings is 1. The van der Waals surface area contributed by atoms with E-state index in [4.69, 9.17) is 5.11 Å². The predicted molar refractivity (Wildman–Crippen MR) is 82.4 cm³/mol. The normalized spacial score (nSPS) is 12.1. The molecule has 2 aromatic rings. The molecule has 0 bridgehead atoms. The highest BCUT2D eigenvalue weighted by atomic mass is 32.1. The monoisotopic (exact) mass is 303 g/mol. The lowest BCUT2D eigenvalue weighted by molar-refractivity contribution is -0.143. The van der Waals surface area contributed by atoms with Gasteiger partial charge < -0.3 is 5.11 Å². The minimum absolute atomic E-state index is 0.0483. The van der Waals surface area contributed by atoms with Crippen LogP contribution in [0.5, 0.6) is 0 Å². The third-order valence-electron chi connectivity index (χ3n) is 3.18. The maximum absolute atomic E-state index is 11.8. The fourth-order valence-electron chi connectivity index (χ4n) is 1.92. The first kappa shape index (κ1) is 15.4. The van der Waals surface area contributed by atoms with Gasteiger partial charge in [0, 0.05) is 23.8 Å². The molecule has 0 fully saturated rings. The summed E-state index contributed by atoms with van der Waals surface area (Å²) in [6, 6.07) is 8.06. The van der Waals surface area contributed by atoms with E-state index in [2.05, 4.69) is 4.98 Å². The van der Waals surface area contributed by atoms with Gasteiger partial charge in [0.2, 0.25) is 0 Å². The number of aromatic nitrogens is 1. The van der Waals surface area contributed by atoms with E-state index in [1.807, 2.05) is 36.6 Å².